The van der Waals surface area contributed by atoms with Crippen LogP contribution in [0.15, 0.2) is 53.5 Å². The first-order valence-electron chi connectivity index (χ1n) is 6.48. The minimum atomic E-state index is -0.253. The van der Waals surface area contributed by atoms with Gasteiger partial charge in [-0.15, -0.1) is 0 Å². The van der Waals surface area contributed by atoms with E-state index in [0.717, 1.165) is 11.8 Å². The zero-order valence-corrected chi connectivity index (χ0v) is 14.8. The molecule has 0 aliphatic rings. The molecular formula is C15H13IN3O3S-. The van der Waals surface area contributed by atoms with Gasteiger partial charge in [0.2, 0.25) is 0 Å². The summed E-state index contributed by atoms with van der Waals surface area (Å²) >= 11 is 3.02. The molecule has 0 unspecified atom stereocenters. The Morgan fingerprint density at radius 1 is 1.30 bits per heavy atom. The summed E-state index contributed by atoms with van der Waals surface area (Å²) in [5, 5.41) is 20.1. The number of nitrogens with two attached hydrogens (primary N) is 1. The molecule has 0 fully saturated rings. The number of hydrogen-bond donors (Lipinski definition) is 2. The second kappa shape index (κ2) is 8.29. The van der Waals surface area contributed by atoms with Crippen LogP contribution in [0.3, 0.4) is 0 Å². The minimum Gasteiger partial charge on any atom is -0.733 e. The van der Waals surface area contributed by atoms with Gasteiger partial charge in [0.25, 0.3) is 0 Å². The van der Waals surface area contributed by atoms with Crippen LogP contribution in [0.1, 0.15) is 10.4 Å². The van der Waals surface area contributed by atoms with Crippen LogP contribution in [-0.4, -0.2) is 21.9 Å². The number of benzene rings is 2. The Kier molecular flexibility index (Phi) is 6.39. The predicted molar refractivity (Wildman–Crippen MR) is 101 cm³/mol. The van der Waals surface area contributed by atoms with Crippen molar-refractivity contribution in [3.63, 3.8) is 0 Å². The van der Waals surface area contributed by atoms with Gasteiger partial charge in [0.1, 0.15) is 0 Å². The lowest BCUT2D eigenvalue weighted by atomic mass is 10.1. The number of rotatable bonds is 5. The van der Waals surface area contributed by atoms with E-state index in [1.165, 1.54) is 6.07 Å². The second-order valence-electron chi connectivity index (χ2n) is 4.44. The molecule has 0 aliphatic carbocycles. The van der Waals surface area contributed by atoms with Gasteiger partial charge in [0, 0.05) is 9.13 Å². The van der Waals surface area contributed by atoms with Crippen molar-refractivity contribution in [3.05, 3.63) is 62.9 Å². The summed E-state index contributed by atoms with van der Waals surface area (Å²) < 4.78 is 0.550. The number of thioether (sulfide) groups is 1. The van der Waals surface area contributed by atoms with E-state index in [9.17, 15) is 10.0 Å². The monoisotopic (exact) mass is 442 g/mol. The molecule has 0 aliphatic heterocycles. The Labute approximate surface area is 151 Å². The van der Waals surface area contributed by atoms with Crippen molar-refractivity contribution in [1.29, 1.82) is 0 Å². The van der Waals surface area contributed by atoms with Crippen LogP contribution in [0.25, 0.3) is 0 Å². The highest BCUT2D eigenvalue weighted by Gasteiger charge is 2.10. The second-order valence-corrected chi connectivity index (χ2v) is 6.59. The van der Waals surface area contributed by atoms with Crippen molar-refractivity contribution in [3.8, 4) is 0 Å². The Morgan fingerprint density at radius 2 is 2.00 bits per heavy atom. The lowest BCUT2D eigenvalue weighted by Crippen LogP contribution is -2.13. The average molecular weight is 442 g/mol. The molecule has 0 radical (unpaired) electrons. The summed E-state index contributed by atoms with van der Waals surface area (Å²) in [6.45, 7) is 0. The SMILES string of the molecule is NC(=Nc1ccccc1)SCC(=O)c1ccc(I)c(N([O-])O)c1. The fraction of sp³-hybridized carbons (Fsp3) is 0.0667. The largest absolute Gasteiger partial charge is 0.733 e. The maximum Gasteiger partial charge on any atom is 0.173 e. The highest BCUT2D eigenvalue weighted by atomic mass is 127. The van der Waals surface area contributed by atoms with Crippen molar-refractivity contribution in [2.45, 2.75) is 0 Å². The van der Waals surface area contributed by atoms with Crippen molar-refractivity contribution >= 4 is 56.7 Å². The lowest BCUT2D eigenvalue weighted by Gasteiger charge is -2.23. The van der Waals surface area contributed by atoms with Crippen LogP contribution >= 0.6 is 34.4 Å². The van der Waals surface area contributed by atoms with Gasteiger partial charge in [-0.1, -0.05) is 36.0 Å². The number of ketones is 1. The molecule has 2 rings (SSSR count). The molecule has 23 heavy (non-hydrogen) atoms. The van der Waals surface area contributed by atoms with Crippen LogP contribution in [0.5, 0.6) is 0 Å². The molecule has 8 heteroatoms. The van der Waals surface area contributed by atoms with E-state index in [-0.39, 0.29) is 27.6 Å². The highest BCUT2D eigenvalue weighted by molar-refractivity contribution is 14.1. The van der Waals surface area contributed by atoms with Gasteiger partial charge in [0.05, 0.1) is 17.1 Å². The van der Waals surface area contributed by atoms with Crippen LogP contribution in [-0.2, 0) is 0 Å². The predicted octanol–water partition coefficient (Wildman–Crippen LogP) is 3.55. The zero-order chi connectivity index (χ0) is 16.8. The third-order valence-corrected chi connectivity index (χ3v) is 4.53. The number of carbonyl (C=O) groups excluding carboxylic acids is 1. The first kappa shape index (κ1) is 17.7. The Bertz CT molecular complexity index is 723. The van der Waals surface area contributed by atoms with Gasteiger partial charge in [-0.3, -0.25) is 10.0 Å². The normalized spacial score (nSPS) is 11.3. The number of carbonyl (C=O) groups is 1. The van der Waals surface area contributed by atoms with Gasteiger partial charge in [-0.05, 0) is 46.9 Å². The molecular weight excluding hydrogens is 429 g/mol. The van der Waals surface area contributed by atoms with E-state index in [4.69, 9.17) is 10.9 Å². The number of hydrogen-bond acceptors (Lipinski definition) is 6. The Morgan fingerprint density at radius 3 is 2.65 bits per heavy atom. The molecule has 0 spiro atoms. The van der Waals surface area contributed by atoms with Gasteiger partial charge in [0.15, 0.2) is 11.0 Å². The van der Waals surface area contributed by atoms with Crippen molar-refractivity contribution in [1.82, 2.24) is 0 Å². The Balaban J connectivity index is 2.02. The van der Waals surface area contributed by atoms with Gasteiger partial charge >= 0.3 is 0 Å². The summed E-state index contributed by atoms with van der Waals surface area (Å²) in [4.78, 5) is 16.3. The van der Waals surface area contributed by atoms with E-state index in [0.29, 0.717) is 14.8 Å². The summed E-state index contributed by atoms with van der Waals surface area (Å²) in [7, 11) is 0. The van der Waals surface area contributed by atoms with Crippen LogP contribution in [0.4, 0.5) is 11.4 Å². The van der Waals surface area contributed by atoms with Crippen molar-refractivity contribution in [2.75, 3.05) is 11.0 Å². The molecule has 0 aromatic heterocycles. The average Bonchev–Trinajstić information content (AvgIpc) is 2.53. The number of halogens is 1. The van der Waals surface area contributed by atoms with E-state index in [2.05, 4.69) is 4.99 Å². The van der Waals surface area contributed by atoms with Gasteiger partial charge < -0.3 is 16.2 Å². The topological polar surface area (TPSA) is 102 Å². The van der Waals surface area contributed by atoms with E-state index in [1.54, 1.807) is 12.1 Å². The molecule has 120 valence electrons. The standard InChI is InChI=1S/C15H13IN3O3S/c16-12-7-6-10(8-13(12)19(21)22)14(20)9-23-15(17)18-11-4-2-1-3-5-11/h1-8,21H,9H2,(H2,17,18)/q-1. The first-order valence-corrected chi connectivity index (χ1v) is 8.54. The quantitative estimate of drug-likeness (QED) is 0.242. The van der Waals surface area contributed by atoms with Crippen molar-refractivity contribution in [2.24, 2.45) is 10.7 Å². The van der Waals surface area contributed by atoms with Crippen LogP contribution in [0, 0.1) is 8.78 Å². The molecule has 0 amide bonds. The smallest absolute Gasteiger partial charge is 0.173 e. The fourth-order valence-electron chi connectivity index (χ4n) is 1.72. The molecule has 0 saturated heterocycles. The third-order valence-electron chi connectivity index (χ3n) is 2.82. The maximum absolute atomic E-state index is 12.2. The summed E-state index contributed by atoms with van der Waals surface area (Å²) in [6.07, 6.45) is 0. The van der Waals surface area contributed by atoms with E-state index >= 15 is 0 Å². The number of para-hydroxylation sites is 1. The molecule has 2 aromatic carbocycles. The number of nitrogens with zero attached hydrogens (tertiary/aromatic N) is 2. The van der Waals surface area contributed by atoms with E-state index in [1.807, 2.05) is 52.9 Å². The minimum absolute atomic E-state index is 0.0346. The molecule has 0 heterocycles. The molecule has 0 saturated carbocycles. The third kappa shape index (κ3) is 5.20. The van der Waals surface area contributed by atoms with Crippen LogP contribution in [0.2, 0.25) is 0 Å². The van der Waals surface area contributed by atoms with Gasteiger partial charge in [-0.2, -0.15) is 0 Å². The molecule has 3 N–H and O–H groups in total. The maximum atomic E-state index is 12.2. The Hall–Kier alpha value is -1.62. The first-order chi connectivity index (χ1) is 11.0. The number of anilines is 1. The molecule has 0 atom stereocenters. The number of Topliss-reactive ketones (excluding diaryl/α,β-unsaturated/α-hetero) is 1. The molecule has 6 nitrogen and oxygen atoms in total. The summed E-state index contributed by atoms with van der Waals surface area (Å²) in [6, 6.07) is 13.7. The molecule has 2 aromatic rings. The van der Waals surface area contributed by atoms with Gasteiger partial charge in [-0.25, -0.2) is 4.99 Å². The highest BCUT2D eigenvalue weighted by Crippen LogP contribution is 2.23. The van der Waals surface area contributed by atoms with Crippen molar-refractivity contribution < 1.29 is 10.0 Å². The summed E-state index contributed by atoms with van der Waals surface area (Å²) in [5.74, 6) is -0.118. The number of aliphatic imine (C=N–C) groups is 1. The lowest BCUT2D eigenvalue weighted by molar-refractivity contribution is 0.102. The molecule has 0 bridgehead atoms. The number of amidine groups is 1. The fourth-order valence-corrected chi connectivity index (χ4v) is 2.88. The zero-order valence-electron chi connectivity index (χ0n) is 11.8. The van der Waals surface area contributed by atoms with E-state index < -0.39 is 0 Å². The van der Waals surface area contributed by atoms with Crippen LogP contribution < -0.4 is 11.0 Å². The summed E-state index contributed by atoms with van der Waals surface area (Å²) in [5.41, 5.74) is 6.87.